The number of rotatable bonds is 6. The van der Waals surface area contributed by atoms with Gasteiger partial charge in [-0.25, -0.2) is 8.42 Å². The number of carbonyl (C=O) groups excluding carboxylic acids is 1. The average molecular weight is 402 g/mol. The first-order valence-corrected chi connectivity index (χ1v) is 10.5. The molecule has 148 valence electrons. The highest BCUT2D eigenvalue weighted by molar-refractivity contribution is 7.92. The normalized spacial score (nSPS) is 15.9. The molecule has 0 aromatic heterocycles. The monoisotopic (exact) mass is 402 g/mol. The fraction of sp³-hybridized carbons (Fsp3) is 0.250. The second-order valence-corrected chi connectivity index (χ2v) is 8.40. The number of amides is 1. The predicted octanol–water partition coefficient (Wildman–Crippen LogP) is 2.73. The van der Waals surface area contributed by atoms with Gasteiger partial charge in [0.1, 0.15) is 18.1 Å². The van der Waals surface area contributed by atoms with E-state index in [1.807, 2.05) is 6.92 Å². The summed E-state index contributed by atoms with van der Waals surface area (Å²) in [5, 5.41) is 2.75. The van der Waals surface area contributed by atoms with E-state index in [1.165, 1.54) is 4.31 Å². The molecule has 1 N–H and O–H groups in total. The summed E-state index contributed by atoms with van der Waals surface area (Å²) in [5.41, 5.74) is 1.86. The molecular weight excluding hydrogens is 380 g/mol. The van der Waals surface area contributed by atoms with Gasteiger partial charge in [-0.1, -0.05) is 24.8 Å². The van der Waals surface area contributed by atoms with Crippen molar-refractivity contribution in [3.8, 4) is 11.5 Å². The number of carbonyl (C=O) groups is 1. The minimum Gasteiger partial charge on any atom is -0.489 e. The van der Waals surface area contributed by atoms with E-state index in [0.717, 1.165) is 11.8 Å². The van der Waals surface area contributed by atoms with Crippen molar-refractivity contribution in [3.63, 3.8) is 0 Å². The van der Waals surface area contributed by atoms with Gasteiger partial charge in [0.15, 0.2) is 6.10 Å². The van der Waals surface area contributed by atoms with E-state index in [4.69, 9.17) is 9.47 Å². The molecule has 1 unspecified atom stereocenters. The van der Waals surface area contributed by atoms with Gasteiger partial charge in [-0.15, -0.1) is 0 Å². The van der Waals surface area contributed by atoms with E-state index in [1.54, 1.807) is 48.5 Å². The van der Waals surface area contributed by atoms with Crippen molar-refractivity contribution in [1.82, 2.24) is 0 Å². The third-order valence-electron chi connectivity index (χ3n) is 4.15. The van der Waals surface area contributed by atoms with Crippen molar-refractivity contribution in [3.05, 3.63) is 60.7 Å². The van der Waals surface area contributed by atoms with Crippen LogP contribution in [0.4, 0.5) is 11.4 Å². The molecule has 3 rings (SSSR count). The van der Waals surface area contributed by atoms with Crippen molar-refractivity contribution < 1.29 is 22.7 Å². The molecule has 1 atom stereocenters. The van der Waals surface area contributed by atoms with Crippen LogP contribution in [0.2, 0.25) is 0 Å². The smallest absolute Gasteiger partial charge is 0.267 e. The number of benzene rings is 2. The number of fused-ring (bicyclic) bond motifs is 1. The largest absolute Gasteiger partial charge is 0.489 e. The van der Waals surface area contributed by atoms with Gasteiger partial charge in [-0.2, -0.15) is 0 Å². The van der Waals surface area contributed by atoms with Crippen molar-refractivity contribution in [2.45, 2.75) is 13.0 Å². The van der Waals surface area contributed by atoms with Crippen LogP contribution in [0.3, 0.4) is 0 Å². The van der Waals surface area contributed by atoms with Crippen LogP contribution in [0.15, 0.2) is 55.1 Å². The van der Waals surface area contributed by atoms with E-state index in [-0.39, 0.29) is 6.54 Å². The Morgan fingerprint density at radius 3 is 2.86 bits per heavy atom. The summed E-state index contributed by atoms with van der Waals surface area (Å²) in [6.45, 7) is 5.70. The number of anilines is 2. The molecular formula is C20H22N2O5S. The summed E-state index contributed by atoms with van der Waals surface area (Å²) in [7, 11) is -3.57. The lowest BCUT2D eigenvalue weighted by molar-refractivity contribution is -0.122. The number of nitrogens with one attached hydrogen (secondary N) is 1. The number of ether oxygens (including phenoxy) is 2. The van der Waals surface area contributed by atoms with Gasteiger partial charge in [0.2, 0.25) is 10.0 Å². The molecule has 1 heterocycles. The van der Waals surface area contributed by atoms with E-state index in [9.17, 15) is 13.2 Å². The predicted molar refractivity (Wildman–Crippen MR) is 109 cm³/mol. The molecule has 0 saturated carbocycles. The Morgan fingerprint density at radius 1 is 1.36 bits per heavy atom. The van der Waals surface area contributed by atoms with Crippen LogP contribution < -0.4 is 19.1 Å². The summed E-state index contributed by atoms with van der Waals surface area (Å²) >= 11 is 0. The Labute approximate surface area is 164 Å². The third-order valence-corrected chi connectivity index (χ3v) is 5.29. The van der Waals surface area contributed by atoms with Crippen LogP contribution >= 0.6 is 0 Å². The Balaban J connectivity index is 1.81. The van der Waals surface area contributed by atoms with Crippen LogP contribution in [0.25, 0.3) is 0 Å². The molecule has 1 amide bonds. The topological polar surface area (TPSA) is 84.9 Å². The molecule has 0 aliphatic carbocycles. The Morgan fingerprint density at radius 2 is 2.14 bits per heavy atom. The molecule has 0 bridgehead atoms. The first-order chi connectivity index (χ1) is 13.3. The minimum atomic E-state index is -3.57. The zero-order chi connectivity index (χ0) is 20.3. The number of nitrogens with zero attached hydrogens (tertiary/aromatic N) is 1. The fourth-order valence-corrected chi connectivity index (χ4v) is 3.76. The van der Waals surface area contributed by atoms with Gasteiger partial charge in [-0.05, 0) is 36.8 Å². The molecule has 0 radical (unpaired) electrons. The zero-order valence-corrected chi connectivity index (χ0v) is 16.5. The minimum absolute atomic E-state index is 0.103. The van der Waals surface area contributed by atoms with E-state index < -0.39 is 22.0 Å². The van der Waals surface area contributed by atoms with Crippen LogP contribution in [0.5, 0.6) is 11.5 Å². The third kappa shape index (κ3) is 4.45. The van der Waals surface area contributed by atoms with Crippen molar-refractivity contribution in [1.29, 1.82) is 0 Å². The van der Waals surface area contributed by atoms with E-state index in [0.29, 0.717) is 29.5 Å². The summed E-state index contributed by atoms with van der Waals surface area (Å²) in [6.07, 6.45) is 1.75. The Kier molecular flexibility index (Phi) is 5.60. The maximum Gasteiger partial charge on any atom is 0.267 e. The maximum absolute atomic E-state index is 12.7. The molecule has 0 fully saturated rings. The van der Waals surface area contributed by atoms with Gasteiger partial charge in [0.05, 0.1) is 18.5 Å². The molecule has 7 nitrogen and oxygen atoms in total. The summed E-state index contributed by atoms with van der Waals surface area (Å²) in [6, 6.07) is 12.1. The average Bonchev–Trinajstić information content (AvgIpc) is 2.65. The standard InChI is InChI=1S/C20H22N2O5S/c1-4-10-26-16-7-5-6-15(12-16)21-20(23)19-13-22(28(3,24)25)17-11-14(2)8-9-18(17)27-19/h4-9,11-12,19H,1,10,13H2,2-3H3,(H,21,23). The molecule has 1 aliphatic heterocycles. The highest BCUT2D eigenvalue weighted by atomic mass is 32.2. The highest BCUT2D eigenvalue weighted by Crippen LogP contribution is 2.36. The number of hydrogen-bond donors (Lipinski definition) is 1. The van der Waals surface area contributed by atoms with Gasteiger partial charge in [0.25, 0.3) is 5.91 Å². The summed E-state index contributed by atoms with van der Waals surface area (Å²) < 4.78 is 36.9. The molecule has 0 spiro atoms. The molecule has 8 heteroatoms. The number of hydrogen-bond acceptors (Lipinski definition) is 5. The van der Waals surface area contributed by atoms with Gasteiger partial charge >= 0.3 is 0 Å². The van der Waals surface area contributed by atoms with Crippen LogP contribution in [0, 0.1) is 6.92 Å². The van der Waals surface area contributed by atoms with E-state index in [2.05, 4.69) is 11.9 Å². The Bertz CT molecular complexity index is 1000. The van der Waals surface area contributed by atoms with Crippen LogP contribution in [-0.2, 0) is 14.8 Å². The van der Waals surface area contributed by atoms with Crippen molar-refractivity contribution in [2.75, 3.05) is 29.0 Å². The quantitative estimate of drug-likeness (QED) is 0.751. The van der Waals surface area contributed by atoms with Crippen molar-refractivity contribution in [2.24, 2.45) is 0 Å². The van der Waals surface area contributed by atoms with Crippen molar-refractivity contribution >= 4 is 27.3 Å². The number of sulfonamides is 1. The summed E-state index contributed by atoms with van der Waals surface area (Å²) in [5.74, 6) is 0.493. The van der Waals surface area contributed by atoms with Crippen LogP contribution in [0.1, 0.15) is 5.56 Å². The lowest BCUT2D eigenvalue weighted by Crippen LogP contribution is -2.48. The zero-order valence-electron chi connectivity index (χ0n) is 15.7. The first-order valence-electron chi connectivity index (χ1n) is 8.67. The van der Waals surface area contributed by atoms with Gasteiger partial charge in [-0.3, -0.25) is 9.10 Å². The summed E-state index contributed by atoms with van der Waals surface area (Å²) in [4.78, 5) is 12.7. The fourth-order valence-electron chi connectivity index (χ4n) is 2.85. The highest BCUT2D eigenvalue weighted by Gasteiger charge is 2.35. The second kappa shape index (κ2) is 7.93. The SMILES string of the molecule is C=CCOc1cccc(NC(=O)C2CN(S(C)(=O)=O)c3cc(C)ccc3O2)c1. The lowest BCUT2D eigenvalue weighted by atomic mass is 10.1. The number of aryl methyl sites for hydroxylation is 1. The molecule has 28 heavy (non-hydrogen) atoms. The van der Waals surface area contributed by atoms with E-state index >= 15 is 0 Å². The Hall–Kier alpha value is -3.00. The molecule has 1 aliphatic rings. The molecule has 2 aromatic rings. The second-order valence-electron chi connectivity index (χ2n) is 6.49. The lowest BCUT2D eigenvalue weighted by Gasteiger charge is -2.34. The maximum atomic E-state index is 12.7. The van der Waals surface area contributed by atoms with Gasteiger partial charge in [0, 0.05) is 11.8 Å². The molecule has 0 saturated heterocycles. The van der Waals surface area contributed by atoms with Gasteiger partial charge < -0.3 is 14.8 Å². The first kappa shape index (κ1) is 19.8. The molecule has 2 aromatic carbocycles. The van der Waals surface area contributed by atoms with Crippen LogP contribution in [-0.4, -0.2) is 39.8 Å².